The van der Waals surface area contributed by atoms with Crippen LogP contribution in [0.2, 0.25) is 0 Å². The maximum absolute atomic E-state index is 10.6. The Morgan fingerprint density at radius 2 is 1.94 bits per heavy atom. The van der Waals surface area contributed by atoms with E-state index in [-0.39, 0.29) is 0 Å². The van der Waals surface area contributed by atoms with Crippen molar-refractivity contribution in [3.63, 3.8) is 0 Å². The molecule has 0 radical (unpaired) electrons. The molecular weight excluding hydrogens is 431 g/mol. The van der Waals surface area contributed by atoms with Crippen molar-refractivity contribution in [2.24, 2.45) is 0 Å². The van der Waals surface area contributed by atoms with Gasteiger partial charge in [0.15, 0.2) is 0 Å². The predicted molar refractivity (Wildman–Crippen MR) is 112 cm³/mol. The van der Waals surface area contributed by atoms with Crippen molar-refractivity contribution in [3.8, 4) is 11.1 Å². The molecule has 31 heavy (non-hydrogen) atoms. The minimum Gasteiger partial charge on any atom is -0.475 e. The number of carbonyl (C=O) groups is 1. The highest BCUT2D eigenvalue weighted by atomic mass is 32.1. The lowest BCUT2D eigenvalue weighted by Crippen LogP contribution is -2.21. The molecule has 0 aliphatic heterocycles. The molecule has 10 heteroatoms. The summed E-state index contributed by atoms with van der Waals surface area (Å²) in [4.78, 5) is 21.4. The average molecular weight is 449 g/mol. The van der Waals surface area contributed by atoms with E-state index in [1.807, 2.05) is 12.1 Å². The van der Waals surface area contributed by atoms with E-state index in [4.69, 9.17) is 14.3 Å². The molecule has 4 rings (SSSR count). The van der Waals surface area contributed by atoms with Crippen molar-refractivity contribution in [1.82, 2.24) is 9.97 Å². The van der Waals surface area contributed by atoms with E-state index in [0.717, 1.165) is 34.4 Å². The van der Waals surface area contributed by atoms with Crippen LogP contribution in [0.25, 0.3) is 22.0 Å². The topological polar surface area (TPSA) is 79.5 Å². The summed E-state index contributed by atoms with van der Waals surface area (Å²) < 4.78 is 36.9. The second kappa shape index (κ2) is 9.17. The third-order valence-corrected chi connectivity index (χ3v) is 5.43. The number of aliphatic carboxylic acids is 1. The molecule has 0 atom stereocenters. The van der Waals surface area contributed by atoms with Gasteiger partial charge in [0.05, 0.1) is 24.6 Å². The van der Waals surface area contributed by atoms with Gasteiger partial charge in [-0.1, -0.05) is 6.07 Å². The van der Waals surface area contributed by atoms with E-state index in [2.05, 4.69) is 52.4 Å². The third-order valence-electron chi connectivity index (χ3n) is 4.42. The van der Waals surface area contributed by atoms with Gasteiger partial charge in [0, 0.05) is 22.9 Å². The minimum atomic E-state index is -5.08. The van der Waals surface area contributed by atoms with E-state index in [9.17, 15) is 13.2 Å². The molecule has 0 amide bonds. The zero-order chi connectivity index (χ0) is 22.6. The summed E-state index contributed by atoms with van der Waals surface area (Å²) >= 11 is 1.78. The molecule has 0 fully saturated rings. The van der Waals surface area contributed by atoms with Crippen LogP contribution in [0.4, 0.5) is 19.0 Å². The summed E-state index contributed by atoms with van der Waals surface area (Å²) in [6.45, 7) is 2.99. The standard InChI is InChI=1S/C19H17N3OS.C2HF3O2/c1-13-6-8-24-18(13)10-22(2)19-16-9-14(15-5-7-23-11-15)3-4-17(16)20-12-21-19;3-2(4,5)1(6)7/h3-9,11-12H,10H2,1-2H3;(H,6,7). The molecule has 1 aromatic carbocycles. The largest absolute Gasteiger partial charge is 0.490 e. The molecule has 0 bridgehead atoms. The molecule has 0 aliphatic rings. The van der Waals surface area contributed by atoms with E-state index >= 15 is 0 Å². The average Bonchev–Trinajstić information content (AvgIpc) is 3.39. The number of thiophene rings is 1. The van der Waals surface area contributed by atoms with E-state index in [1.54, 1.807) is 30.2 Å². The summed E-state index contributed by atoms with van der Waals surface area (Å²) in [7, 11) is 2.07. The van der Waals surface area contributed by atoms with Crippen molar-refractivity contribution in [2.75, 3.05) is 11.9 Å². The summed E-state index contributed by atoms with van der Waals surface area (Å²) in [6.07, 6.45) is -0.00996. The molecule has 6 nitrogen and oxygen atoms in total. The normalized spacial score (nSPS) is 11.1. The molecule has 0 saturated heterocycles. The molecule has 4 aromatic rings. The van der Waals surface area contributed by atoms with Crippen molar-refractivity contribution in [3.05, 3.63) is 65.0 Å². The van der Waals surface area contributed by atoms with E-state index < -0.39 is 12.1 Å². The highest BCUT2D eigenvalue weighted by Gasteiger charge is 2.38. The Morgan fingerprint density at radius 3 is 2.52 bits per heavy atom. The van der Waals surface area contributed by atoms with Gasteiger partial charge in [0.2, 0.25) is 0 Å². The molecule has 0 saturated carbocycles. The number of halogens is 3. The van der Waals surface area contributed by atoms with Crippen molar-refractivity contribution < 1.29 is 27.5 Å². The van der Waals surface area contributed by atoms with Gasteiger partial charge in [-0.15, -0.1) is 11.3 Å². The molecule has 0 unspecified atom stereocenters. The number of carboxylic acid groups (broad SMARTS) is 1. The Kier molecular flexibility index (Phi) is 6.59. The van der Waals surface area contributed by atoms with Crippen LogP contribution in [0.3, 0.4) is 0 Å². The number of furan rings is 1. The maximum Gasteiger partial charge on any atom is 0.490 e. The number of alkyl halides is 3. The Bertz CT molecular complexity index is 1170. The quantitative estimate of drug-likeness (QED) is 0.441. The van der Waals surface area contributed by atoms with Crippen LogP contribution < -0.4 is 4.90 Å². The predicted octanol–water partition coefficient (Wildman–Crippen LogP) is 5.53. The van der Waals surface area contributed by atoms with Gasteiger partial charge in [-0.2, -0.15) is 13.2 Å². The highest BCUT2D eigenvalue weighted by Crippen LogP contribution is 2.30. The lowest BCUT2D eigenvalue weighted by Gasteiger charge is -2.19. The summed E-state index contributed by atoms with van der Waals surface area (Å²) in [5, 5.41) is 10.3. The van der Waals surface area contributed by atoms with Crippen molar-refractivity contribution >= 4 is 34.0 Å². The van der Waals surface area contributed by atoms with Gasteiger partial charge in [0.25, 0.3) is 0 Å². The SMILES string of the molecule is Cc1ccsc1CN(C)c1ncnc2ccc(-c3ccoc3)cc12.O=C(O)C(F)(F)F. The number of nitrogens with zero attached hydrogens (tertiary/aromatic N) is 3. The first-order valence-electron chi connectivity index (χ1n) is 8.98. The monoisotopic (exact) mass is 449 g/mol. The van der Waals surface area contributed by atoms with Gasteiger partial charge in [-0.25, -0.2) is 14.8 Å². The van der Waals surface area contributed by atoms with Gasteiger partial charge >= 0.3 is 12.1 Å². The lowest BCUT2D eigenvalue weighted by molar-refractivity contribution is -0.192. The summed E-state index contributed by atoms with van der Waals surface area (Å²) in [5.41, 5.74) is 4.43. The molecule has 3 aromatic heterocycles. The van der Waals surface area contributed by atoms with E-state index in [1.165, 1.54) is 10.4 Å². The van der Waals surface area contributed by atoms with Gasteiger partial charge in [-0.05, 0) is 47.7 Å². The van der Waals surface area contributed by atoms with Crippen LogP contribution in [0.1, 0.15) is 10.4 Å². The lowest BCUT2D eigenvalue weighted by atomic mass is 10.1. The van der Waals surface area contributed by atoms with E-state index in [0.29, 0.717) is 0 Å². The third kappa shape index (κ3) is 5.40. The highest BCUT2D eigenvalue weighted by molar-refractivity contribution is 7.10. The number of fused-ring (bicyclic) bond motifs is 1. The fourth-order valence-electron chi connectivity index (χ4n) is 2.81. The van der Waals surface area contributed by atoms with Crippen LogP contribution in [0, 0.1) is 6.92 Å². The Morgan fingerprint density at radius 1 is 1.19 bits per heavy atom. The number of carboxylic acids is 1. The van der Waals surface area contributed by atoms with Crippen LogP contribution in [0.5, 0.6) is 0 Å². The Labute approximate surface area is 179 Å². The number of hydrogen-bond acceptors (Lipinski definition) is 6. The number of aryl methyl sites for hydroxylation is 1. The first-order valence-corrected chi connectivity index (χ1v) is 9.86. The van der Waals surface area contributed by atoms with Crippen molar-refractivity contribution in [2.45, 2.75) is 19.6 Å². The van der Waals surface area contributed by atoms with Gasteiger partial charge < -0.3 is 14.4 Å². The summed E-state index contributed by atoms with van der Waals surface area (Å²) in [6, 6.07) is 10.3. The Hall–Kier alpha value is -3.40. The fraction of sp³-hybridized carbons (Fsp3) is 0.190. The van der Waals surface area contributed by atoms with Crippen molar-refractivity contribution in [1.29, 1.82) is 0 Å². The number of hydrogen-bond donors (Lipinski definition) is 1. The van der Waals surface area contributed by atoms with Gasteiger partial charge in [-0.3, -0.25) is 0 Å². The van der Waals surface area contributed by atoms with Crippen LogP contribution in [-0.2, 0) is 11.3 Å². The molecule has 0 aliphatic carbocycles. The fourth-order valence-corrected chi connectivity index (χ4v) is 3.77. The number of anilines is 1. The zero-order valence-corrected chi connectivity index (χ0v) is 17.4. The Balaban J connectivity index is 0.000000339. The second-order valence-corrected chi connectivity index (χ2v) is 7.63. The van der Waals surface area contributed by atoms with Crippen LogP contribution in [0.15, 0.2) is 59.0 Å². The van der Waals surface area contributed by atoms with Gasteiger partial charge in [0.1, 0.15) is 12.1 Å². The maximum atomic E-state index is 10.6. The first-order chi connectivity index (χ1) is 14.7. The first kappa shape index (κ1) is 22.3. The summed E-state index contributed by atoms with van der Waals surface area (Å²) in [5.74, 6) is -1.81. The smallest absolute Gasteiger partial charge is 0.475 e. The zero-order valence-electron chi connectivity index (χ0n) is 16.6. The number of aromatic nitrogens is 2. The molecule has 162 valence electrons. The molecule has 3 heterocycles. The van der Waals surface area contributed by atoms with Crippen LogP contribution >= 0.6 is 11.3 Å². The number of benzene rings is 1. The van der Waals surface area contributed by atoms with Crippen LogP contribution in [-0.4, -0.2) is 34.3 Å². The minimum absolute atomic E-state index is 0.839. The second-order valence-electron chi connectivity index (χ2n) is 6.63. The number of rotatable bonds is 4. The molecule has 0 spiro atoms. The molecular formula is C21H18F3N3O3S. The molecule has 1 N–H and O–H groups in total.